The van der Waals surface area contributed by atoms with Gasteiger partial charge in [0.25, 0.3) is 0 Å². The summed E-state index contributed by atoms with van der Waals surface area (Å²) >= 11 is 0. The number of H-pyrrole nitrogens is 1. The second-order valence-corrected chi connectivity index (χ2v) is 6.06. The maximum atomic E-state index is 5.49. The van der Waals surface area contributed by atoms with Gasteiger partial charge in [-0.15, -0.1) is 0 Å². The molecule has 0 radical (unpaired) electrons. The van der Waals surface area contributed by atoms with E-state index in [1.807, 2.05) is 19.5 Å². The molecule has 20 heavy (non-hydrogen) atoms. The number of hydrogen-bond acceptors (Lipinski definition) is 4. The first-order valence-corrected chi connectivity index (χ1v) is 7.84. The zero-order valence-electron chi connectivity index (χ0n) is 12.3. The Morgan fingerprint density at radius 3 is 3.15 bits per heavy atom. The lowest BCUT2D eigenvalue weighted by Crippen LogP contribution is -2.46. The van der Waals surface area contributed by atoms with Gasteiger partial charge in [0.2, 0.25) is 0 Å². The molecule has 1 aromatic heterocycles. The van der Waals surface area contributed by atoms with Crippen LogP contribution in [0.25, 0.3) is 0 Å². The van der Waals surface area contributed by atoms with Crippen molar-refractivity contribution in [2.24, 2.45) is 0 Å². The Kier molecular flexibility index (Phi) is 4.70. The van der Waals surface area contributed by atoms with Gasteiger partial charge >= 0.3 is 0 Å². The number of aromatic nitrogens is 2. The Balaban J connectivity index is 1.46. The molecule has 1 aromatic rings. The molecule has 2 N–H and O–H groups in total. The normalized spacial score (nSPS) is 31.1. The van der Waals surface area contributed by atoms with E-state index in [9.17, 15) is 0 Å². The molecule has 5 heteroatoms. The molecular formula is C15H26N4O. The van der Waals surface area contributed by atoms with E-state index in [1.54, 1.807) is 0 Å². The highest BCUT2D eigenvalue weighted by Gasteiger charge is 2.35. The predicted molar refractivity (Wildman–Crippen MR) is 78.7 cm³/mol. The summed E-state index contributed by atoms with van der Waals surface area (Å²) < 4.78 is 5.49. The van der Waals surface area contributed by atoms with Gasteiger partial charge in [0.1, 0.15) is 0 Å². The van der Waals surface area contributed by atoms with Gasteiger partial charge in [-0.05, 0) is 37.8 Å². The number of hydrogen-bond donors (Lipinski definition) is 2. The number of rotatable bonds is 6. The fourth-order valence-corrected chi connectivity index (χ4v) is 3.68. The van der Waals surface area contributed by atoms with Crippen molar-refractivity contribution < 1.29 is 4.74 Å². The highest BCUT2D eigenvalue weighted by molar-refractivity contribution is 5.03. The Hall–Kier alpha value is -0.910. The highest BCUT2D eigenvalue weighted by atomic mass is 16.5. The van der Waals surface area contributed by atoms with E-state index >= 15 is 0 Å². The highest BCUT2D eigenvalue weighted by Crippen LogP contribution is 2.27. The smallest absolute Gasteiger partial charge is 0.0710 e. The van der Waals surface area contributed by atoms with E-state index in [4.69, 9.17) is 4.74 Å². The minimum Gasteiger partial charge on any atom is -0.380 e. The van der Waals surface area contributed by atoms with Crippen molar-refractivity contribution in [3.05, 3.63) is 18.0 Å². The fraction of sp³-hybridized carbons (Fsp3) is 0.800. The number of methoxy groups -OCH3 is 1. The molecule has 2 fully saturated rings. The maximum Gasteiger partial charge on any atom is 0.0710 e. The first-order valence-electron chi connectivity index (χ1n) is 7.84. The molecule has 0 bridgehead atoms. The lowest BCUT2D eigenvalue weighted by atomic mass is 10.1. The molecule has 0 spiro atoms. The standard InChI is InChI=1S/C15H26N4O/c1-20-13-6-8-19(11-13)15-4-2-3-14(15)16-7-5-12-9-17-18-10-12/h9-10,13-16H,2-8,11H2,1H3,(H,17,18)/t13?,14-,15+/m1/s1. The molecule has 1 unspecified atom stereocenters. The van der Waals surface area contributed by atoms with Gasteiger partial charge in [-0.2, -0.15) is 5.10 Å². The topological polar surface area (TPSA) is 53.2 Å². The molecule has 1 aliphatic heterocycles. The summed E-state index contributed by atoms with van der Waals surface area (Å²) in [5.41, 5.74) is 1.28. The predicted octanol–water partition coefficient (Wildman–Crippen LogP) is 1.18. The number of nitrogens with one attached hydrogen (secondary N) is 2. The average molecular weight is 278 g/mol. The summed E-state index contributed by atoms with van der Waals surface area (Å²) in [6.07, 6.45) is 10.6. The van der Waals surface area contributed by atoms with Crippen LogP contribution >= 0.6 is 0 Å². The minimum atomic E-state index is 0.446. The average Bonchev–Trinajstić information content (AvgIpc) is 3.20. The number of likely N-dealkylation sites (tertiary alicyclic amines) is 1. The number of ether oxygens (including phenoxy) is 1. The van der Waals surface area contributed by atoms with Crippen molar-refractivity contribution in [1.29, 1.82) is 0 Å². The van der Waals surface area contributed by atoms with E-state index in [0.29, 0.717) is 18.2 Å². The van der Waals surface area contributed by atoms with Gasteiger partial charge in [-0.3, -0.25) is 10.00 Å². The zero-order valence-corrected chi connectivity index (χ0v) is 12.3. The zero-order chi connectivity index (χ0) is 13.8. The van der Waals surface area contributed by atoms with Gasteiger partial charge in [-0.25, -0.2) is 0 Å². The minimum absolute atomic E-state index is 0.446. The van der Waals surface area contributed by atoms with E-state index in [2.05, 4.69) is 20.4 Å². The van der Waals surface area contributed by atoms with Crippen LogP contribution in [0.3, 0.4) is 0 Å². The first-order chi connectivity index (χ1) is 9.86. The largest absolute Gasteiger partial charge is 0.380 e. The Bertz CT molecular complexity index is 395. The molecule has 1 saturated carbocycles. The van der Waals surface area contributed by atoms with Gasteiger partial charge in [0.05, 0.1) is 12.3 Å². The van der Waals surface area contributed by atoms with Gasteiger partial charge in [0.15, 0.2) is 0 Å². The molecule has 2 heterocycles. The van der Waals surface area contributed by atoms with Crippen LogP contribution in [0.4, 0.5) is 0 Å². The van der Waals surface area contributed by atoms with E-state index in [0.717, 1.165) is 19.5 Å². The summed E-state index contributed by atoms with van der Waals surface area (Å²) in [5, 5.41) is 10.6. The van der Waals surface area contributed by atoms with Crippen molar-refractivity contribution in [2.75, 3.05) is 26.7 Å². The van der Waals surface area contributed by atoms with Gasteiger partial charge < -0.3 is 10.1 Å². The molecule has 1 aliphatic carbocycles. The van der Waals surface area contributed by atoms with Crippen LogP contribution < -0.4 is 5.32 Å². The third kappa shape index (κ3) is 3.22. The molecule has 2 aliphatic rings. The number of aromatic amines is 1. The molecular weight excluding hydrogens is 252 g/mol. The van der Waals surface area contributed by atoms with Crippen LogP contribution in [0.1, 0.15) is 31.2 Å². The van der Waals surface area contributed by atoms with Crippen LogP contribution in [-0.2, 0) is 11.2 Å². The van der Waals surface area contributed by atoms with E-state index < -0.39 is 0 Å². The molecule has 5 nitrogen and oxygen atoms in total. The van der Waals surface area contributed by atoms with Crippen molar-refractivity contribution in [3.63, 3.8) is 0 Å². The van der Waals surface area contributed by atoms with Crippen LogP contribution in [0.2, 0.25) is 0 Å². The Morgan fingerprint density at radius 1 is 1.45 bits per heavy atom. The van der Waals surface area contributed by atoms with Crippen LogP contribution in [0, 0.1) is 0 Å². The Labute approximate surface area is 121 Å². The number of nitrogens with zero attached hydrogens (tertiary/aromatic N) is 2. The van der Waals surface area contributed by atoms with Crippen molar-refractivity contribution in [1.82, 2.24) is 20.4 Å². The third-order valence-electron chi connectivity index (χ3n) is 4.83. The second kappa shape index (κ2) is 6.70. The van der Waals surface area contributed by atoms with Crippen molar-refractivity contribution in [2.45, 2.75) is 50.3 Å². The van der Waals surface area contributed by atoms with Crippen LogP contribution in [0.15, 0.2) is 12.4 Å². The van der Waals surface area contributed by atoms with Gasteiger partial charge in [-0.1, -0.05) is 6.42 Å². The van der Waals surface area contributed by atoms with Crippen LogP contribution in [-0.4, -0.2) is 60.0 Å². The van der Waals surface area contributed by atoms with E-state index in [-0.39, 0.29) is 0 Å². The van der Waals surface area contributed by atoms with Crippen LogP contribution in [0.5, 0.6) is 0 Å². The second-order valence-electron chi connectivity index (χ2n) is 6.06. The molecule has 1 saturated heterocycles. The van der Waals surface area contributed by atoms with Crippen molar-refractivity contribution >= 4 is 0 Å². The fourth-order valence-electron chi connectivity index (χ4n) is 3.68. The lowest BCUT2D eigenvalue weighted by Gasteiger charge is -2.30. The maximum absolute atomic E-state index is 5.49. The summed E-state index contributed by atoms with van der Waals surface area (Å²) in [5.74, 6) is 0. The summed E-state index contributed by atoms with van der Waals surface area (Å²) in [7, 11) is 1.84. The monoisotopic (exact) mass is 278 g/mol. The summed E-state index contributed by atoms with van der Waals surface area (Å²) in [6, 6.07) is 1.36. The molecule has 3 rings (SSSR count). The lowest BCUT2D eigenvalue weighted by molar-refractivity contribution is 0.0981. The van der Waals surface area contributed by atoms with E-state index in [1.165, 1.54) is 37.8 Å². The third-order valence-corrected chi connectivity index (χ3v) is 4.83. The van der Waals surface area contributed by atoms with Gasteiger partial charge in [0, 0.05) is 38.5 Å². The molecule has 0 aromatic carbocycles. The quantitative estimate of drug-likeness (QED) is 0.820. The molecule has 0 amide bonds. The molecule has 3 atom stereocenters. The first kappa shape index (κ1) is 14.0. The van der Waals surface area contributed by atoms with Crippen molar-refractivity contribution in [3.8, 4) is 0 Å². The molecule has 112 valence electrons. The Morgan fingerprint density at radius 2 is 2.40 bits per heavy atom. The summed E-state index contributed by atoms with van der Waals surface area (Å²) in [6.45, 7) is 3.35. The SMILES string of the molecule is COC1CCN([C@H]2CCC[C@H]2NCCc2cn[nH]c2)C1. The summed E-state index contributed by atoms with van der Waals surface area (Å²) in [4.78, 5) is 2.64.